The number of non-ortho nitro benzene ring substituents is 1. The maximum atomic E-state index is 12.7. The topological polar surface area (TPSA) is 105 Å². The average Bonchev–Trinajstić information content (AvgIpc) is 2.79. The minimum Gasteiger partial charge on any atom is -0.488 e. The molecule has 0 aliphatic heterocycles. The molecular weight excluding hydrogens is 533 g/mol. The molecular formula is C23H14BrCl2N3O4. The molecule has 0 saturated carbocycles. The van der Waals surface area contributed by atoms with E-state index in [0.717, 1.165) is 11.6 Å². The van der Waals surface area contributed by atoms with Crippen molar-refractivity contribution in [3.63, 3.8) is 0 Å². The largest absolute Gasteiger partial charge is 0.488 e. The summed E-state index contributed by atoms with van der Waals surface area (Å²) in [6.45, 7) is 0.247. The molecule has 3 aromatic carbocycles. The van der Waals surface area contributed by atoms with E-state index in [1.807, 2.05) is 18.2 Å². The van der Waals surface area contributed by atoms with Gasteiger partial charge < -0.3 is 10.1 Å². The van der Waals surface area contributed by atoms with Gasteiger partial charge in [-0.15, -0.1) is 0 Å². The molecule has 166 valence electrons. The Morgan fingerprint density at radius 1 is 1.15 bits per heavy atom. The number of rotatable bonds is 7. The number of nitro benzene ring substituents is 1. The molecule has 3 rings (SSSR count). The fourth-order valence-electron chi connectivity index (χ4n) is 2.72. The Bertz CT molecular complexity index is 1290. The van der Waals surface area contributed by atoms with E-state index >= 15 is 0 Å². The van der Waals surface area contributed by atoms with E-state index in [2.05, 4.69) is 21.2 Å². The predicted molar refractivity (Wildman–Crippen MR) is 130 cm³/mol. The van der Waals surface area contributed by atoms with Crippen LogP contribution in [0.3, 0.4) is 0 Å². The fourth-order valence-corrected chi connectivity index (χ4v) is 3.39. The van der Waals surface area contributed by atoms with Crippen LogP contribution < -0.4 is 10.1 Å². The molecule has 0 aromatic heterocycles. The van der Waals surface area contributed by atoms with Crippen molar-refractivity contribution in [2.75, 3.05) is 5.32 Å². The molecule has 33 heavy (non-hydrogen) atoms. The van der Waals surface area contributed by atoms with Crippen LogP contribution in [-0.2, 0) is 11.4 Å². The predicted octanol–water partition coefficient (Wildman–Crippen LogP) is 6.79. The van der Waals surface area contributed by atoms with E-state index in [9.17, 15) is 20.2 Å². The second-order valence-corrected chi connectivity index (χ2v) is 8.40. The number of amides is 1. The third-order valence-corrected chi connectivity index (χ3v) is 5.43. The minimum absolute atomic E-state index is 0.0190. The van der Waals surface area contributed by atoms with Gasteiger partial charge in [0.2, 0.25) is 0 Å². The van der Waals surface area contributed by atoms with Crippen LogP contribution in [0.4, 0.5) is 11.4 Å². The summed E-state index contributed by atoms with van der Waals surface area (Å²) in [5.41, 5.74) is 0.894. The highest BCUT2D eigenvalue weighted by atomic mass is 79.9. The summed E-state index contributed by atoms with van der Waals surface area (Å²) in [6.07, 6.45) is 1.36. The Labute approximate surface area is 207 Å². The molecule has 0 spiro atoms. The normalized spacial score (nSPS) is 10.9. The molecule has 0 radical (unpaired) electrons. The molecule has 7 nitrogen and oxygen atoms in total. The quantitative estimate of drug-likeness (QED) is 0.152. The summed E-state index contributed by atoms with van der Waals surface area (Å²) in [5.74, 6) is -0.328. The smallest absolute Gasteiger partial charge is 0.271 e. The van der Waals surface area contributed by atoms with Gasteiger partial charge in [0, 0.05) is 27.2 Å². The van der Waals surface area contributed by atoms with Crippen LogP contribution in [0.1, 0.15) is 11.1 Å². The number of nitro groups is 1. The Morgan fingerprint density at radius 2 is 1.88 bits per heavy atom. The van der Waals surface area contributed by atoms with Crippen LogP contribution >= 0.6 is 39.1 Å². The van der Waals surface area contributed by atoms with Gasteiger partial charge >= 0.3 is 0 Å². The van der Waals surface area contributed by atoms with Gasteiger partial charge in [0.1, 0.15) is 24.0 Å². The van der Waals surface area contributed by atoms with Gasteiger partial charge in [0.15, 0.2) is 0 Å². The molecule has 0 heterocycles. The van der Waals surface area contributed by atoms with Crippen molar-refractivity contribution < 1.29 is 14.5 Å². The lowest BCUT2D eigenvalue weighted by Gasteiger charge is -2.11. The van der Waals surface area contributed by atoms with Crippen molar-refractivity contribution in [1.29, 1.82) is 5.26 Å². The highest BCUT2D eigenvalue weighted by Gasteiger charge is 2.16. The van der Waals surface area contributed by atoms with Gasteiger partial charge in [-0.1, -0.05) is 51.3 Å². The van der Waals surface area contributed by atoms with Crippen molar-refractivity contribution in [2.45, 2.75) is 6.61 Å². The van der Waals surface area contributed by atoms with Gasteiger partial charge in [0.25, 0.3) is 11.6 Å². The maximum Gasteiger partial charge on any atom is 0.271 e. The number of nitrogens with one attached hydrogen (secondary N) is 1. The van der Waals surface area contributed by atoms with Crippen molar-refractivity contribution in [1.82, 2.24) is 0 Å². The Morgan fingerprint density at radius 3 is 2.55 bits per heavy atom. The number of benzene rings is 3. The number of anilines is 1. The van der Waals surface area contributed by atoms with E-state index < -0.39 is 10.8 Å². The summed E-state index contributed by atoms with van der Waals surface area (Å²) < 4.78 is 6.59. The zero-order chi connectivity index (χ0) is 24.0. The number of nitriles is 1. The summed E-state index contributed by atoms with van der Waals surface area (Å²) in [4.78, 5) is 23.1. The first-order valence-electron chi connectivity index (χ1n) is 9.30. The lowest BCUT2D eigenvalue weighted by Crippen LogP contribution is -2.14. The highest BCUT2D eigenvalue weighted by molar-refractivity contribution is 9.10. The van der Waals surface area contributed by atoms with E-state index in [4.69, 9.17) is 27.9 Å². The highest BCUT2D eigenvalue weighted by Crippen LogP contribution is 2.29. The molecule has 0 aliphatic carbocycles. The number of hydrogen-bond donors (Lipinski definition) is 1. The lowest BCUT2D eigenvalue weighted by molar-refractivity contribution is -0.384. The zero-order valence-corrected chi connectivity index (χ0v) is 19.8. The van der Waals surface area contributed by atoms with Crippen molar-refractivity contribution in [3.05, 3.63) is 102 Å². The molecule has 0 fully saturated rings. The van der Waals surface area contributed by atoms with Crippen molar-refractivity contribution in [2.24, 2.45) is 0 Å². The number of carbonyl (C=O) groups is 1. The first-order valence-corrected chi connectivity index (χ1v) is 10.9. The van der Waals surface area contributed by atoms with Crippen molar-refractivity contribution in [3.8, 4) is 11.8 Å². The first-order chi connectivity index (χ1) is 15.8. The standard InChI is InChI=1S/C23H14BrCl2N3O4/c24-17-3-8-22(33-13-14-1-4-18(25)5-2-14)15(10-17)9-16(12-27)23(30)28-21-11-19(29(31)32)6-7-20(21)26/h1-11H,13H2,(H,28,30)/b16-9-. The molecule has 0 unspecified atom stereocenters. The number of carbonyl (C=O) groups excluding carboxylic acids is 1. The van der Waals surface area contributed by atoms with Crippen LogP contribution in [0.25, 0.3) is 6.08 Å². The van der Waals surface area contributed by atoms with Gasteiger partial charge in [0.05, 0.1) is 15.6 Å². The summed E-state index contributed by atoms with van der Waals surface area (Å²) in [5, 5.41) is 23.7. The monoisotopic (exact) mass is 545 g/mol. The van der Waals surface area contributed by atoms with Crippen LogP contribution in [0, 0.1) is 21.4 Å². The third kappa shape index (κ3) is 6.56. The lowest BCUT2D eigenvalue weighted by atomic mass is 10.1. The second kappa shape index (κ2) is 11.0. The van der Waals surface area contributed by atoms with Crippen molar-refractivity contribution >= 4 is 62.5 Å². The molecule has 0 bridgehead atoms. The van der Waals surface area contributed by atoms with Gasteiger partial charge in [-0.2, -0.15) is 5.26 Å². The molecule has 3 aromatic rings. The van der Waals surface area contributed by atoms with Gasteiger partial charge in [-0.05, 0) is 48.0 Å². The second-order valence-electron chi connectivity index (χ2n) is 6.64. The number of hydrogen-bond acceptors (Lipinski definition) is 5. The number of nitrogens with zero attached hydrogens (tertiary/aromatic N) is 2. The first kappa shape index (κ1) is 24.3. The number of ether oxygens (including phenoxy) is 1. The van der Waals surface area contributed by atoms with Crippen LogP contribution in [-0.4, -0.2) is 10.8 Å². The maximum absolute atomic E-state index is 12.7. The minimum atomic E-state index is -0.775. The molecule has 0 atom stereocenters. The van der Waals surface area contributed by atoms with E-state index in [0.29, 0.717) is 20.8 Å². The summed E-state index contributed by atoms with van der Waals surface area (Å²) in [7, 11) is 0. The van der Waals surface area contributed by atoms with E-state index in [-0.39, 0.29) is 28.6 Å². The molecule has 1 N–H and O–H groups in total. The van der Waals surface area contributed by atoms with E-state index in [1.54, 1.807) is 30.3 Å². The van der Waals surface area contributed by atoms with Gasteiger partial charge in [-0.3, -0.25) is 14.9 Å². The molecule has 0 aliphatic rings. The van der Waals surface area contributed by atoms with Crippen LogP contribution in [0.5, 0.6) is 5.75 Å². The molecule has 1 amide bonds. The van der Waals surface area contributed by atoms with E-state index in [1.165, 1.54) is 18.2 Å². The SMILES string of the molecule is N#C/C(=C/c1cc(Br)ccc1OCc1ccc(Cl)cc1)C(=O)Nc1cc([N+](=O)[O-])ccc1Cl. The summed E-state index contributed by atoms with van der Waals surface area (Å²) >= 11 is 15.3. The molecule has 10 heteroatoms. The molecule has 0 saturated heterocycles. The average molecular weight is 547 g/mol. The Kier molecular flexibility index (Phi) is 8.06. The van der Waals surface area contributed by atoms with Crippen LogP contribution in [0.2, 0.25) is 10.0 Å². The van der Waals surface area contributed by atoms with Gasteiger partial charge in [-0.25, -0.2) is 0 Å². The Balaban J connectivity index is 1.85. The summed E-state index contributed by atoms with van der Waals surface area (Å²) in [6, 6.07) is 17.8. The number of halogens is 3. The zero-order valence-electron chi connectivity index (χ0n) is 16.7. The van der Waals surface area contributed by atoms with Crippen LogP contribution in [0.15, 0.2) is 70.7 Å². The third-order valence-electron chi connectivity index (χ3n) is 4.35. The Hall–Kier alpha value is -3.38. The fraction of sp³-hybridized carbons (Fsp3) is 0.0435.